The summed E-state index contributed by atoms with van der Waals surface area (Å²) in [4.78, 5) is 0. The molecule has 0 amide bonds. The zero-order valence-corrected chi connectivity index (χ0v) is 16.3. The number of halogens is 3. The molecule has 0 saturated carbocycles. The van der Waals surface area contributed by atoms with Crippen molar-refractivity contribution in [2.45, 2.75) is 25.4 Å². The van der Waals surface area contributed by atoms with Crippen molar-refractivity contribution in [3.8, 4) is 16.9 Å². The monoisotopic (exact) mass is 462 g/mol. The number of hydrogen-bond donors (Lipinski definition) is 0. The fraction of sp³-hybridized carbons (Fsp3) is 0.182. The van der Waals surface area contributed by atoms with Gasteiger partial charge in [0.25, 0.3) is 0 Å². The van der Waals surface area contributed by atoms with E-state index < -0.39 is 12.0 Å². The van der Waals surface area contributed by atoms with Crippen LogP contribution in [0, 0.1) is 10.5 Å². The number of benzene rings is 3. The molecule has 0 fully saturated rings. The van der Waals surface area contributed by atoms with E-state index >= 15 is 0 Å². The Hall–Kier alpha value is -1.95. The molecule has 1 heterocycles. The second-order valence-electron chi connectivity index (χ2n) is 6.66. The third-order valence-corrected chi connectivity index (χ3v) is 5.52. The van der Waals surface area contributed by atoms with Gasteiger partial charge in [0.1, 0.15) is 5.75 Å². The lowest BCUT2D eigenvalue weighted by molar-refractivity contribution is -0.201. The van der Waals surface area contributed by atoms with E-state index in [1.165, 1.54) is 0 Å². The Labute approximate surface area is 165 Å². The Morgan fingerprint density at radius 3 is 2.27 bits per heavy atom. The van der Waals surface area contributed by atoms with Gasteiger partial charge in [0.05, 0.1) is 5.92 Å². The molecule has 1 unspecified atom stereocenters. The maximum atomic E-state index is 14.7. The number of alkyl halides is 2. The first-order chi connectivity index (χ1) is 12.4. The van der Waals surface area contributed by atoms with Gasteiger partial charge in [-0.1, -0.05) is 54.1 Å². The van der Waals surface area contributed by atoms with Gasteiger partial charge in [0, 0.05) is 3.57 Å². The van der Waals surface area contributed by atoms with Crippen LogP contribution in [0.5, 0.6) is 5.75 Å². The summed E-state index contributed by atoms with van der Waals surface area (Å²) in [5.41, 5.74) is 4.34. The SMILES string of the molecule is Cc1ccc(C2Cc3ccc(-c4ccc(I)cc4)cc3OC2(F)F)cc1. The average Bonchev–Trinajstić information content (AvgIpc) is 2.61. The number of fused-ring (bicyclic) bond motifs is 1. The number of hydrogen-bond acceptors (Lipinski definition) is 1. The fourth-order valence-electron chi connectivity index (χ4n) is 3.31. The average molecular weight is 462 g/mol. The fourth-order valence-corrected chi connectivity index (χ4v) is 3.67. The number of aryl methyl sites for hydroxylation is 1. The van der Waals surface area contributed by atoms with Crippen molar-refractivity contribution in [1.82, 2.24) is 0 Å². The van der Waals surface area contributed by atoms with Crippen molar-refractivity contribution < 1.29 is 13.5 Å². The summed E-state index contributed by atoms with van der Waals surface area (Å²) in [6.45, 7) is 1.95. The Morgan fingerprint density at radius 2 is 1.58 bits per heavy atom. The Balaban J connectivity index is 1.69. The maximum Gasteiger partial charge on any atom is 0.405 e. The Bertz CT molecular complexity index is 933. The molecule has 26 heavy (non-hydrogen) atoms. The molecule has 0 N–H and O–H groups in total. The van der Waals surface area contributed by atoms with Crippen LogP contribution in [0.2, 0.25) is 0 Å². The second-order valence-corrected chi connectivity index (χ2v) is 7.91. The molecule has 1 aliphatic heterocycles. The Morgan fingerprint density at radius 1 is 0.923 bits per heavy atom. The second kappa shape index (κ2) is 6.65. The third kappa shape index (κ3) is 3.34. The molecule has 0 aromatic heterocycles. The highest BCUT2D eigenvalue weighted by Crippen LogP contribution is 2.45. The summed E-state index contributed by atoms with van der Waals surface area (Å²) in [6, 6.07) is 20.8. The van der Waals surface area contributed by atoms with Gasteiger partial charge in [-0.15, -0.1) is 0 Å². The van der Waals surface area contributed by atoms with Gasteiger partial charge in [-0.05, 0) is 76.4 Å². The summed E-state index contributed by atoms with van der Waals surface area (Å²) in [5.74, 6) is -0.700. The molecule has 4 rings (SSSR count). The van der Waals surface area contributed by atoms with Crippen molar-refractivity contribution in [2.75, 3.05) is 0 Å². The predicted octanol–water partition coefficient (Wildman–Crippen LogP) is 6.58. The molecule has 1 aliphatic rings. The van der Waals surface area contributed by atoms with Crippen LogP contribution in [-0.4, -0.2) is 6.11 Å². The highest BCUT2D eigenvalue weighted by atomic mass is 127. The number of rotatable bonds is 2. The van der Waals surface area contributed by atoms with E-state index in [4.69, 9.17) is 4.74 Å². The first-order valence-corrected chi connectivity index (χ1v) is 9.52. The molecule has 3 aromatic rings. The minimum absolute atomic E-state index is 0.262. The molecule has 0 aliphatic carbocycles. The minimum Gasteiger partial charge on any atom is -0.432 e. The van der Waals surface area contributed by atoms with E-state index in [-0.39, 0.29) is 12.2 Å². The van der Waals surface area contributed by atoms with E-state index in [9.17, 15) is 8.78 Å². The van der Waals surface area contributed by atoms with E-state index in [1.807, 2.05) is 55.5 Å². The summed E-state index contributed by atoms with van der Waals surface area (Å²) in [6.07, 6.45) is -2.97. The molecule has 132 valence electrons. The Kier molecular flexibility index (Phi) is 4.47. The van der Waals surface area contributed by atoms with Crippen LogP contribution in [0.3, 0.4) is 0 Å². The lowest BCUT2D eigenvalue weighted by Gasteiger charge is -2.33. The van der Waals surface area contributed by atoms with Gasteiger partial charge in [0.15, 0.2) is 0 Å². The molecule has 0 spiro atoms. The first-order valence-electron chi connectivity index (χ1n) is 8.45. The van der Waals surface area contributed by atoms with Crippen LogP contribution < -0.4 is 4.74 Å². The van der Waals surface area contributed by atoms with Gasteiger partial charge in [-0.2, -0.15) is 8.78 Å². The first kappa shape index (κ1) is 17.5. The van der Waals surface area contributed by atoms with Gasteiger partial charge in [-0.25, -0.2) is 0 Å². The van der Waals surface area contributed by atoms with Crippen LogP contribution in [0.4, 0.5) is 8.78 Å². The van der Waals surface area contributed by atoms with E-state index in [0.717, 1.165) is 25.8 Å². The van der Waals surface area contributed by atoms with Crippen molar-refractivity contribution in [1.29, 1.82) is 0 Å². The molecule has 0 saturated heterocycles. The molecule has 4 heteroatoms. The third-order valence-electron chi connectivity index (χ3n) is 4.80. The van der Waals surface area contributed by atoms with Crippen molar-refractivity contribution in [3.63, 3.8) is 0 Å². The van der Waals surface area contributed by atoms with Gasteiger partial charge in [0.2, 0.25) is 0 Å². The van der Waals surface area contributed by atoms with Crippen LogP contribution >= 0.6 is 22.6 Å². The highest BCUT2D eigenvalue weighted by Gasteiger charge is 2.47. The van der Waals surface area contributed by atoms with Crippen molar-refractivity contribution >= 4 is 22.6 Å². The topological polar surface area (TPSA) is 9.23 Å². The molecule has 0 radical (unpaired) electrons. The summed E-state index contributed by atoms with van der Waals surface area (Å²) in [7, 11) is 0. The molecular weight excluding hydrogens is 445 g/mol. The lowest BCUT2D eigenvalue weighted by Crippen LogP contribution is -2.38. The standard InChI is InChI=1S/C22H17F2IO/c1-14-2-4-16(5-3-14)20-12-18-7-6-17(13-21(18)26-22(20,23)24)15-8-10-19(25)11-9-15/h2-11,13,20H,12H2,1H3. The summed E-state index contributed by atoms with van der Waals surface area (Å²) in [5, 5.41) is 0. The lowest BCUT2D eigenvalue weighted by atomic mass is 9.87. The highest BCUT2D eigenvalue weighted by molar-refractivity contribution is 14.1. The largest absolute Gasteiger partial charge is 0.432 e. The number of ether oxygens (including phenoxy) is 1. The van der Waals surface area contributed by atoms with Gasteiger partial charge < -0.3 is 4.74 Å². The van der Waals surface area contributed by atoms with Crippen molar-refractivity contribution in [2.24, 2.45) is 0 Å². The van der Waals surface area contributed by atoms with Crippen molar-refractivity contribution in [3.05, 3.63) is 87.0 Å². The van der Waals surface area contributed by atoms with Crippen LogP contribution in [0.15, 0.2) is 66.7 Å². The van der Waals surface area contributed by atoms with E-state index in [2.05, 4.69) is 22.6 Å². The molecule has 0 bridgehead atoms. The van der Waals surface area contributed by atoms with Gasteiger partial charge in [-0.3, -0.25) is 0 Å². The summed E-state index contributed by atoms with van der Waals surface area (Å²) >= 11 is 2.24. The molecule has 1 atom stereocenters. The van der Waals surface area contributed by atoms with E-state index in [1.54, 1.807) is 18.2 Å². The summed E-state index contributed by atoms with van der Waals surface area (Å²) < 4.78 is 35.7. The van der Waals surface area contributed by atoms with Crippen LogP contribution in [0.25, 0.3) is 11.1 Å². The zero-order valence-electron chi connectivity index (χ0n) is 14.2. The molecule has 1 nitrogen and oxygen atoms in total. The normalized spacial score (nSPS) is 18.1. The van der Waals surface area contributed by atoms with Gasteiger partial charge >= 0.3 is 6.11 Å². The predicted molar refractivity (Wildman–Crippen MR) is 108 cm³/mol. The minimum atomic E-state index is -3.23. The quantitative estimate of drug-likeness (QED) is 0.391. The zero-order chi connectivity index (χ0) is 18.3. The molecular formula is C22H17F2IO. The van der Waals surface area contributed by atoms with Crippen LogP contribution in [0.1, 0.15) is 22.6 Å². The van der Waals surface area contributed by atoms with Crippen LogP contribution in [-0.2, 0) is 6.42 Å². The maximum absolute atomic E-state index is 14.7. The molecule has 3 aromatic carbocycles. The van der Waals surface area contributed by atoms with E-state index in [0.29, 0.717) is 5.56 Å². The smallest absolute Gasteiger partial charge is 0.405 e.